The molecule has 0 radical (unpaired) electrons. The van der Waals surface area contributed by atoms with E-state index in [1.165, 1.54) is 18.2 Å². The van der Waals surface area contributed by atoms with Gasteiger partial charge in [0.25, 0.3) is 0 Å². The van der Waals surface area contributed by atoms with Gasteiger partial charge in [-0.05, 0) is 29.8 Å². The molecule has 1 unspecified atom stereocenters. The van der Waals surface area contributed by atoms with Crippen molar-refractivity contribution in [2.24, 2.45) is 15.9 Å². The summed E-state index contributed by atoms with van der Waals surface area (Å²) in [4.78, 5) is 16.5. The van der Waals surface area contributed by atoms with Crippen LogP contribution in [-0.4, -0.2) is 40.0 Å². The van der Waals surface area contributed by atoms with E-state index in [0.717, 1.165) is 29.4 Å². The fourth-order valence-corrected chi connectivity index (χ4v) is 3.39. The lowest BCUT2D eigenvalue weighted by Crippen LogP contribution is -2.25. The lowest BCUT2D eigenvalue weighted by Gasteiger charge is -2.15. The number of sulfonamides is 1. The average molecular weight is 410 g/mol. The summed E-state index contributed by atoms with van der Waals surface area (Å²) >= 11 is 0. The van der Waals surface area contributed by atoms with Gasteiger partial charge in [0.1, 0.15) is 17.7 Å². The van der Waals surface area contributed by atoms with Crippen LogP contribution in [0.2, 0.25) is 0 Å². The Hall–Kier alpha value is -3.05. The van der Waals surface area contributed by atoms with E-state index in [-0.39, 0.29) is 29.2 Å². The normalized spacial score (nSPS) is 17.3. The molecular weight excluding hydrogens is 394 g/mol. The van der Waals surface area contributed by atoms with E-state index in [1.54, 1.807) is 0 Å². The van der Waals surface area contributed by atoms with Gasteiger partial charge in [-0.2, -0.15) is 0 Å². The molecule has 0 bridgehead atoms. The number of anilines is 1. The molecule has 1 aliphatic heterocycles. The second-order valence-electron chi connectivity index (χ2n) is 5.99. The minimum atomic E-state index is -4.04. The number of amides is 1. The van der Waals surface area contributed by atoms with E-state index >= 15 is 0 Å². The first kappa shape index (κ1) is 19.7. The van der Waals surface area contributed by atoms with E-state index in [9.17, 15) is 22.0 Å². The zero-order valence-electron chi connectivity index (χ0n) is 14.4. The number of rotatable bonds is 5. The van der Waals surface area contributed by atoms with Crippen molar-refractivity contribution in [1.29, 1.82) is 0 Å². The van der Waals surface area contributed by atoms with Crippen LogP contribution in [-0.2, 0) is 14.8 Å². The van der Waals surface area contributed by atoms with Crippen LogP contribution in [0.15, 0.2) is 46.3 Å². The Labute approximate surface area is 159 Å². The molecule has 1 saturated heterocycles. The third kappa shape index (κ3) is 3.94. The SMILES string of the molecule is NC=NCC1CN(c2cc(F)c(-c3cccc(S(N)(=O)=O)c3)c(F)c2)C(=O)O1. The summed E-state index contributed by atoms with van der Waals surface area (Å²) in [6.45, 7) is 0.178. The Morgan fingerprint density at radius 2 is 1.93 bits per heavy atom. The van der Waals surface area contributed by atoms with E-state index in [2.05, 4.69) is 4.99 Å². The Morgan fingerprint density at radius 3 is 2.54 bits per heavy atom. The summed E-state index contributed by atoms with van der Waals surface area (Å²) in [6, 6.07) is 6.90. The number of primary sulfonamides is 1. The highest BCUT2D eigenvalue weighted by Crippen LogP contribution is 2.32. The number of carbonyl (C=O) groups is 1. The summed E-state index contributed by atoms with van der Waals surface area (Å²) in [5.41, 5.74) is 4.66. The summed E-state index contributed by atoms with van der Waals surface area (Å²) in [5.74, 6) is -1.95. The summed E-state index contributed by atoms with van der Waals surface area (Å²) in [5, 5.41) is 5.06. The van der Waals surface area contributed by atoms with Crippen LogP contribution in [0.5, 0.6) is 0 Å². The fraction of sp³-hybridized carbons (Fsp3) is 0.176. The van der Waals surface area contributed by atoms with Crippen molar-refractivity contribution in [2.75, 3.05) is 18.0 Å². The van der Waals surface area contributed by atoms with Crippen LogP contribution >= 0.6 is 0 Å². The van der Waals surface area contributed by atoms with E-state index in [0.29, 0.717) is 0 Å². The standard InChI is InChI=1S/C17H16F2N4O4S/c18-14-5-11(23-8-12(7-22-9-20)27-17(23)24)6-15(19)16(14)10-2-1-3-13(4-10)28(21,25)26/h1-6,9,12H,7-8H2,(H2,20,22)(H2,21,25,26). The van der Waals surface area contributed by atoms with Crippen LogP contribution in [0.4, 0.5) is 19.3 Å². The first-order chi connectivity index (χ1) is 13.2. The second-order valence-corrected chi connectivity index (χ2v) is 7.55. The lowest BCUT2D eigenvalue weighted by atomic mass is 10.0. The minimum Gasteiger partial charge on any atom is -0.442 e. The summed E-state index contributed by atoms with van der Waals surface area (Å²) < 4.78 is 57.3. The molecule has 11 heteroatoms. The molecule has 0 spiro atoms. The highest BCUT2D eigenvalue weighted by Gasteiger charge is 2.33. The van der Waals surface area contributed by atoms with Crippen molar-refractivity contribution < 1.29 is 26.7 Å². The average Bonchev–Trinajstić information content (AvgIpc) is 2.99. The van der Waals surface area contributed by atoms with Crippen molar-refractivity contribution in [3.63, 3.8) is 0 Å². The summed E-state index contributed by atoms with van der Waals surface area (Å²) in [7, 11) is -4.04. The second kappa shape index (κ2) is 7.52. The van der Waals surface area contributed by atoms with Gasteiger partial charge < -0.3 is 10.5 Å². The van der Waals surface area contributed by atoms with Crippen molar-refractivity contribution >= 4 is 28.1 Å². The first-order valence-corrected chi connectivity index (χ1v) is 9.56. The maximum absolute atomic E-state index is 14.7. The molecule has 0 aromatic heterocycles. The fourth-order valence-electron chi connectivity index (χ4n) is 2.83. The molecule has 2 aromatic rings. The minimum absolute atomic E-state index is 0.00719. The van der Waals surface area contributed by atoms with Gasteiger partial charge >= 0.3 is 6.09 Å². The Balaban J connectivity index is 1.96. The number of carbonyl (C=O) groups excluding carboxylic acids is 1. The Morgan fingerprint density at radius 1 is 1.25 bits per heavy atom. The van der Waals surface area contributed by atoms with Gasteiger partial charge in [0.15, 0.2) is 0 Å². The monoisotopic (exact) mass is 410 g/mol. The maximum Gasteiger partial charge on any atom is 0.414 e. The summed E-state index contributed by atoms with van der Waals surface area (Å²) in [6.07, 6.45) is -0.287. The molecule has 3 rings (SSSR count). The van der Waals surface area contributed by atoms with E-state index < -0.39 is 39.4 Å². The van der Waals surface area contributed by atoms with E-state index in [4.69, 9.17) is 15.6 Å². The number of hydrogen-bond acceptors (Lipinski definition) is 5. The third-order valence-corrected chi connectivity index (χ3v) is 4.99. The largest absolute Gasteiger partial charge is 0.442 e. The number of hydrogen-bond donors (Lipinski definition) is 2. The highest BCUT2D eigenvalue weighted by molar-refractivity contribution is 7.89. The molecule has 148 valence electrons. The predicted molar refractivity (Wildman–Crippen MR) is 98.3 cm³/mol. The third-order valence-electron chi connectivity index (χ3n) is 4.08. The molecule has 1 atom stereocenters. The van der Waals surface area contributed by atoms with Crippen molar-refractivity contribution in [1.82, 2.24) is 0 Å². The van der Waals surface area contributed by atoms with Gasteiger partial charge in [0.2, 0.25) is 10.0 Å². The Bertz CT molecular complexity index is 1040. The van der Waals surface area contributed by atoms with Gasteiger partial charge in [0.05, 0.1) is 35.6 Å². The number of nitrogens with two attached hydrogens (primary N) is 2. The van der Waals surface area contributed by atoms with Gasteiger partial charge in [-0.25, -0.2) is 27.1 Å². The zero-order valence-corrected chi connectivity index (χ0v) is 15.2. The van der Waals surface area contributed by atoms with Gasteiger partial charge in [0, 0.05) is 0 Å². The quantitative estimate of drug-likeness (QED) is 0.571. The molecule has 1 fully saturated rings. The zero-order chi connectivity index (χ0) is 20.5. The van der Waals surface area contributed by atoms with Crippen LogP contribution in [0.3, 0.4) is 0 Å². The molecule has 28 heavy (non-hydrogen) atoms. The molecule has 2 aromatic carbocycles. The van der Waals surface area contributed by atoms with Gasteiger partial charge in [-0.1, -0.05) is 12.1 Å². The topological polar surface area (TPSA) is 128 Å². The van der Waals surface area contributed by atoms with Crippen LogP contribution in [0.1, 0.15) is 0 Å². The smallest absolute Gasteiger partial charge is 0.414 e. The molecule has 1 amide bonds. The number of aliphatic imine (C=N–C) groups is 1. The Kier molecular flexibility index (Phi) is 5.29. The molecule has 0 aliphatic carbocycles. The molecule has 1 heterocycles. The van der Waals surface area contributed by atoms with Crippen LogP contribution in [0, 0.1) is 11.6 Å². The van der Waals surface area contributed by atoms with Gasteiger partial charge in [-0.3, -0.25) is 9.89 Å². The van der Waals surface area contributed by atoms with Crippen molar-refractivity contribution in [3.05, 3.63) is 48.0 Å². The molecule has 0 saturated carbocycles. The van der Waals surface area contributed by atoms with Crippen molar-refractivity contribution in [3.8, 4) is 11.1 Å². The van der Waals surface area contributed by atoms with Crippen LogP contribution < -0.4 is 15.8 Å². The van der Waals surface area contributed by atoms with Crippen LogP contribution in [0.25, 0.3) is 11.1 Å². The molecule has 4 N–H and O–H groups in total. The molecule has 1 aliphatic rings. The highest BCUT2D eigenvalue weighted by atomic mass is 32.2. The first-order valence-electron chi connectivity index (χ1n) is 8.01. The number of benzene rings is 2. The van der Waals surface area contributed by atoms with Gasteiger partial charge in [-0.15, -0.1) is 0 Å². The number of cyclic esters (lactones) is 1. The predicted octanol–water partition coefficient (Wildman–Crippen LogP) is 1.59. The maximum atomic E-state index is 14.7. The number of ether oxygens (including phenoxy) is 1. The number of halogens is 2. The van der Waals surface area contributed by atoms with Crippen molar-refractivity contribution in [2.45, 2.75) is 11.0 Å². The lowest BCUT2D eigenvalue weighted by molar-refractivity contribution is 0.145. The molecule has 8 nitrogen and oxygen atoms in total. The molecular formula is C17H16F2N4O4S. The number of nitrogens with zero attached hydrogens (tertiary/aromatic N) is 2. The van der Waals surface area contributed by atoms with E-state index in [1.807, 2.05) is 0 Å².